The van der Waals surface area contributed by atoms with E-state index in [1.807, 2.05) is 0 Å². The van der Waals surface area contributed by atoms with Crippen molar-refractivity contribution in [2.24, 2.45) is 11.7 Å². The zero-order valence-corrected chi connectivity index (χ0v) is 11.2. The molecule has 2 heterocycles. The Bertz CT molecular complexity index is 565. The van der Waals surface area contributed by atoms with E-state index in [0.717, 1.165) is 22.7 Å². The van der Waals surface area contributed by atoms with Gasteiger partial charge in [-0.15, -0.1) is 11.3 Å². The molecule has 0 atom stereocenters. The van der Waals surface area contributed by atoms with Crippen molar-refractivity contribution in [2.75, 3.05) is 11.4 Å². The lowest BCUT2D eigenvalue weighted by Gasteiger charge is -2.23. The van der Waals surface area contributed by atoms with Crippen LogP contribution in [0.1, 0.15) is 31.4 Å². The third-order valence-electron chi connectivity index (χ3n) is 3.94. The largest absolute Gasteiger partial charge is 0.352 e. The number of nitrogens with zero attached hydrogens (tertiary/aromatic N) is 3. The predicted molar refractivity (Wildman–Crippen MR) is 74.1 cm³/mol. The van der Waals surface area contributed by atoms with Crippen molar-refractivity contribution < 1.29 is 0 Å². The molecule has 0 bridgehead atoms. The molecule has 2 aliphatic rings. The van der Waals surface area contributed by atoms with Gasteiger partial charge in [-0.1, -0.05) is 0 Å². The fourth-order valence-electron chi connectivity index (χ4n) is 2.61. The Kier molecular flexibility index (Phi) is 2.38. The minimum Gasteiger partial charge on any atom is -0.352 e. The molecular formula is C13H18N4S. The van der Waals surface area contributed by atoms with Crippen molar-refractivity contribution in [2.45, 2.75) is 38.3 Å². The summed E-state index contributed by atoms with van der Waals surface area (Å²) in [6, 6.07) is 0.723. The van der Waals surface area contributed by atoms with Gasteiger partial charge in [0.1, 0.15) is 0 Å². The molecule has 2 saturated carbocycles. The number of rotatable bonds is 5. The third kappa shape index (κ3) is 1.73. The molecule has 0 aromatic carbocycles. The Balaban J connectivity index is 1.75. The van der Waals surface area contributed by atoms with Crippen LogP contribution in [0.25, 0.3) is 4.96 Å². The minimum atomic E-state index is 0.571. The number of nitrogens with two attached hydrogens (primary N) is 1. The number of thiazole rings is 1. The van der Waals surface area contributed by atoms with Gasteiger partial charge in [0.25, 0.3) is 0 Å². The number of imidazole rings is 1. The van der Waals surface area contributed by atoms with Crippen molar-refractivity contribution in [1.29, 1.82) is 0 Å². The summed E-state index contributed by atoms with van der Waals surface area (Å²) in [6.07, 6.45) is 7.51. The van der Waals surface area contributed by atoms with Gasteiger partial charge < -0.3 is 10.6 Å². The second kappa shape index (κ2) is 3.96. The van der Waals surface area contributed by atoms with E-state index in [4.69, 9.17) is 10.7 Å². The molecule has 2 fully saturated rings. The minimum absolute atomic E-state index is 0.571. The van der Waals surface area contributed by atoms with Crippen LogP contribution in [0.3, 0.4) is 0 Å². The molecule has 2 N–H and O–H groups in total. The summed E-state index contributed by atoms with van der Waals surface area (Å²) in [4.78, 5) is 8.42. The fraction of sp³-hybridized carbons (Fsp3) is 0.615. The van der Waals surface area contributed by atoms with E-state index >= 15 is 0 Å². The smallest absolute Gasteiger partial charge is 0.195 e. The first-order chi connectivity index (χ1) is 8.86. The summed E-state index contributed by atoms with van der Waals surface area (Å²) >= 11 is 1.69. The third-order valence-corrected chi connectivity index (χ3v) is 4.70. The topological polar surface area (TPSA) is 46.6 Å². The van der Waals surface area contributed by atoms with Crippen LogP contribution in [0.5, 0.6) is 0 Å². The average molecular weight is 262 g/mol. The lowest BCUT2D eigenvalue weighted by atomic mass is 10.3. The van der Waals surface area contributed by atoms with E-state index in [0.29, 0.717) is 6.54 Å². The molecule has 5 heteroatoms. The van der Waals surface area contributed by atoms with Crippen LogP contribution in [-0.2, 0) is 6.54 Å². The normalized spacial score (nSPS) is 19.6. The zero-order valence-electron chi connectivity index (χ0n) is 10.4. The van der Waals surface area contributed by atoms with Crippen LogP contribution < -0.4 is 10.6 Å². The van der Waals surface area contributed by atoms with E-state index in [9.17, 15) is 0 Å². The van der Waals surface area contributed by atoms with Crippen LogP contribution in [0.15, 0.2) is 11.6 Å². The molecule has 18 heavy (non-hydrogen) atoms. The molecule has 0 spiro atoms. The van der Waals surface area contributed by atoms with Gasteiger partial charge in [0.05, 0.1) is 5.69 Å². The molecule has 4 rings (SSSR count). The second-order valence-electron chi connectivity index (χ2n) is 5.47. The van der Waals surface area contributed by atoms with Gasteiger partial charge >= 0.3 is 0 Å². The summed E-state index contributed by atoms with van der Waals surface area (Å²) < 4.78 is 2.16. The van der Waals surface area contributed by atoms with Crippen LogP contribution in [0, 0.1) is 5.92 Å². The predicted octanol–water partition coefficient (Wildman–Crippen LogP) is 2.23. The van der Waals surface area contributed by atoms with E-state index in [1.54, 1.807) is 11.3 Å². The first-order valence-electron chi connectivity index (χ1n) is 6.78. The summed E-state index contributed by atoms with van der Waals surface area (Å²) in [5.41, 5.74) is 7.12. The zero-order chi connectivity index (χ0) is 12.1. The highest BCUT2D eigenvalue weighted by Crippen LogP contribution is 2.39. The van der Waals surface area contributed by atoms with Crippen molar-refractivity contribution in [1.82, 2.24) is 9.38 Å². The highest BCUT2D eigenvalue weighted by atomic mass is 32.1. The Morgan fingerprint density at radius 2 is 2.22 bits per heavy atom. The van der Waals surface area contributed by atoms with Crippen LogP contribution in [-0.4, -0.2) is 22.0 Å². The Morgan fingerprint density at radius 1 is 1.39 bits per heavy atom. The molecule has 0 radical (unpaired) electrons. The van der Waals surface area contributed by atoms with E-state index in [2.05, 4.69) is 20.9 Å². The average Bonchev–Trinajstić information content (AvgIpc) is 3.26. The van der Waals surface area contributed by atoms with Crippen molar-refractivity contribution in [3.05, 3.63) is 17.3 Å². The fourth-order valence-corrected chi connectivity index (χ4v) is 3.34. The van der Waals surface area contributed by atoms with Crippen molar-refractivity contribution in [3.63, 3.8) is 0 Å². The molecule has 0 amide bonds. The molecule has 0 saturated heterocycles. The van der Waals surface area contributed by atoms with E-state index in [-0.39, 0.29) is 0 Å². The summed E-state index contributed by atoms with van der Waals surface area (Å²) in [7, 11) is 0. The molecule has 2 aliphatic carbocycles. The van der Waals surface area contributed by atoms with Gasteiger partial charge in [-0.25, -0.2) is 4.98 Å². The summed E-state index contributed by atoms with van der Waals surface area (Å²) in [5.74, 6) is 2.05. The lowest BCUT2D eigenvalue weighted by Crippen LogP contribution is -2.29. The number of hydrogen-bond acceptors (Lipinski definition) is 4. The maximum atomic E-state index is 5.94. The molecule has 96 valence electrons. The molecule has 2 aromatic rings. The number of anilines is 1. The van der Waals surface area contributed by atoms with Crippen LogP contribution in [0.4, 0.5) is 5.82 Å². The summed E-state index contributed by atoms with van der Waals surface area (Å²) in [6.45, 7) is 1.75. The summed E-state index contributed by atoms with van der Waals surface area (Å²) in [5, 5.41) is 2.08. The van der Waals surface area contributed by atoms with Gasteiger partial charge in [0, 0.05) is 30.7 Å². The van der Waals surface area contributed by atoms with Crippen molar-refractivity contribution >= 4 is 22.1 Å². The molecule has 2 aromatic heterocycles. The SMILES string of the molecule is NCc1c(N(CC2CC2)C2CC2)nc2sccn12. The van der Waals surface area contributed by atoms with Crippen LogP contribution in [0.2, 0.25) is 0 Å². The van der Waals surface area contributed by atoms with E-state index < -0.39 is 0 Å². The maximum absolute atomic E-state index is 5.94. The maximum Gasteiger partial charge on any atom is 0.195 e. The number of aromatic nitrogens is 2. The van der Waals surface area contributed by atoms with Crippen LogP contribution >= 0.6 is 11.3 Å². The molecule has 0 aliphatic heterocycles. The standard InChI is InChI=1S/C13H18N4S/c14-7-11-12(15-13-16(11)5-6-18-13)17(10-3-4-10)8-9-1-2-9/h5-6,9-10H,1-4,7-8,14H2. The van der Waals surface area contributed by atoms with Gasteiger partial charge in [-0.2, -0.15) is 0 Å². The van der Waals surface area contributed by atoms with Gasteiger partial charge in [0.15, 0.2) is 10.8 Å². The van der Waals surface area contributed by atoms with Gasteiger partial charge in [-0.3, -0.25) is 4.40 Å². The first-order valence-corrected chi connectivity index (χ1v) is 7.66. The highest BCUT2D eigenvalue weighted by Gasteiger charge is 2.36. The van der Waals surface area contributed by atoms with Gasteiger partial charge in [-0.05, 0) is 31.6 Å². The molecular weight excluding hydrogens is 244 g/mol. The number of hydrogen-bond donors (Lipinski definition) is 1. The first kappa shape index (κ1) is 10.8. The van der Waals surface area contributed by atoms with Crippen molar-refractivity contribution in [3.8, 4) is 0 Å². The van der Waals surface area contributed by atoms with Gasteiger partial charge in [0.2, 0.25) is 0 Å². The van der Waals surface area contributed by atoms with E-state index in [1.165, 1.54) is 37.9 Å². The number of fused-ring (bicyclic) bond motifs is 1. The Morgan fingerprint density at radius 3 is 2.89 bits per heavy atom. The molecule has 0 unspecified atom stereocenters. The Hall–Kier alpha value is -1.07. The Labute approximate surface area is 110 Å². The second-order valence-corrected chi connectivity index (χ2v) is 6.34. The molecule has 4 nitrogen and oxygen atoms in total. The highest BCUT2D eigenvalue weighted by molar-refractivity contribution is 7.15. The lowest BCUT2D eigenvalue weighted by molar-refractivity contribution is 0.705. The quantitative estimate of drug-likeness (QED) is 0.899. The monoisotopic (exact) mass is 262 g/mol.